The molecule has 56 valence electrons. The summed E-state index contributed by atoms with van der Waals surface area (Å²) in [5, 5.41) is 0. The summed E-state index contributed by atoms with van der Waals surface area (Å²) in [6.45, 7) is 0. The molecule has 0 saturated heterocycles. The summed E-state index contributed by atoms with van der Waals surface area (Å²) >= 11 is 5.30. The van der Waals surface area contributed by atoms with Crippen LogP contribution in [0.25, 0.3) is 0 Å². The van der Waals surface area contributed by atoms with E-state index in [0.29, 0.717) is 11.2 Å². The molecule has 0 N–H and O–H groups in total. The fourth-order valence-corrected chi connectivity index (χ4v) is 0. The summed E-state index contributed by atoms with van der Waals surface area (Å²) < 4.78 is 1.00. The summed E-state index contributed by atoms with van der Waals surface area (Å²) in [7, 11) is 8.50. The van der Waals surface area contributed by atoms with E-state index in [1.54, 1.807) is 0 Å². The van der Waals surface area contributed by atoms with Crippen LogP contribution in [0.2, 0.25) is 0 Å². The molecule has 4 heteroatoms. The average molecular weight is 523 g/mol. The fraction of sp³-hybridized carbons (Fsp3) is 1.00. The number of hydrogen-bond acceptors (Lipinski definition) is 0. The van der Waals surface area contributed by atoms with Gasteiger partial charge in [0.05, 0.1) is 28.2 Å². The van der Waals surface area contributed by atoms with Crippen LogP contribution in [0.15, 0.2) is 0 Å². The van der Waals surface area contributed by atoms with Crippen molar-refractivity contribution in [1.82, 2.24) is 0 Å². The van der Waals surface area contributed by atoms with Crippen molar-refractivity contribution in [1.29, 1.82) is 0 Å². The SMILES string of the molecule is C[N+](C)(C)C.[I][Pt][I]. The van der Waals surface area contributed by atoms with Crippen LogP contribution in [0, 0.1) is 0 Å². The molecular weight excluding hydrogens is 511 g/mol. The van der Waals surface area contributed by atoms with Crippen LogP contribution < -0.4 is 0 Å². The van der Waals surface area contributed by atoms with E-state index in [1.165, 1.54) is 0 Å². The maximum absolute atomic E-state index is 2.39. The summed E-state index contributed by atoms with van der Waals surface area (Å²) in [5.74, 6) is 0. The Balaban J connectivity index is 0. The predicted octanol–water partition coefficient (Wildman–Crippen LogP) is 2.09. The monoisotopic (exact) mass is 523 g/mol. The van der Waals surface area contributed by atoms with Crippen molar-refractivity contribution < 1.29 is 15.7 Å². The number of quaternary nitrogens is 1. The first-order chi connectivity index (χ1) is 3.41. The molecule has 8 heavy (non-hydrogen) atoms. The van der Waals surface area contributed by atoms with Gasteiger partial charge in [-0.25, -0.2) is 0 Å². The first-order valence-electron chi connectivity index (χ1n) is 2.03. The van der Waals surface area contributed by atoms with Crippen molar-refractivity contribution in [2.75, 3.05) is 28.2 Å². The fourth-order valence-electron chi connectivity index (χ4n) is 0. The Morgan fingerprint density at radius 2 is 1.00 bits per heavy atom. The molecule has 0 aliphatic carbocycles. The second-order valence-corrected chi connectivity index (χ2v) is 19.3. The van der Waals surface area contributed by atoms with Gasteiger partial charge < -0.3 is 4.48 Å². The van der Waals surface area contributed by atoms with E-state index in [-0.39, 0.29) is 0 Å². The van der Waals surface area contributed by atoms with Crippen LogP contribution in [0.5, 0.6) is 0 Å². The molecule has 0 bridgehead atoms. The molecule has 0 fully saturated rings. The number of hydrogen-bond donors (Lipinski definition) is 0. The zero-order valence-corrected chi connectivity index (χ0v) is 12.1. The van der Waals surface area contributed by atoms with Gasteiger partial charge in [-0.3, -0.25) is 0 Å². The van der Waals surface area contributed by atoms with Gasteiger partial charge >= 0.3 is 49.9 Å². The van der Waals surface area contributed by atoms with E-state index in [0.717, 1.165) is 4.48 Å². The summed E-state index contributed by atoms with van der Waals surface area (Å²) in [5.41, 5.74) is 0. The molecule has 0 unspecified atom stereocenters. The van der Waals surface area contributed by atoms with Gasteiger partial charge in [0.15, 0.2) is 0 Å². The van der Waals surface area contributed by atoms with Gasteiger partial charge in [0.25, 0.3) is 0 Å². The van der Waals surface area contributed by atoms with E-state index in [4.69, 9.17) is 0 Å². The average Bonchev–Trinajstić information content (AvgIpc) is 1.27. The minimum absolute atomic E-state index is 0.523. The van der Waals surface area contributed by atoms with E-state index < -0.39 is 0 Å². The summed E-state index contributed by atoms with van der Waals surface area (Å²) in [4.78, 5) is 0. The number of halogens is 2. The molecule has 0 rings (SSSR count). The van der Waals surface area contributed by atoms with Gasteiger partial charge in [0, 0.05) is 0 Å². The Kier molecular flexibility index (Phi) is 11.5. The van der Waals surface area contributed by atoms with E-state index in [9.17, 15) is 0 Å². The summed E-state index contributed by atoms with van der Waals surface area (Å²) in [6, 6.07) is 0. The van der Waals surface area contributed by atoms with Gasteiger partial charge in [0.2, 0.25) is 0 Å². The van der Waals surface area contributed by atoms with Crippen LogP contribution in [-0.2, 0) is 11.2 Å². The Morgan fingerprint density at radius 1 is 1.00 bits per heavy atom. The van der Waals surface area contributed by atoms with Gasteiger partial charge in [-0.2, -0.15) is 0 Å². The first kappa shape index (κ1) is 12.8. The van der Waals surface area contributed by atoms with Gasteiger partial charge in [0.1, 0.15) is 0 Å². The number of nitrogens with zero attached hydrogens (tertiary/aromatic N) is 1. The van der Waals surface area contributed by atoms with Crippen LogP contribution in [0.4, 0.5) is 0 Å². The van der Waals surface area contributed by atoms with Crippen molar-refractivity contribution in [3.05, 3.63) is 0 Å². The van der Waals surface area contributed by atoms with Crippen LogP contribution >= 0.6 is 38.7 Å². The molecule has 0 aliphatic heterocycles. The zero-order chi connectivity index (χ0) is 7.21. The van der Waals surface area contributed by atoms with E-state index >= 15 is 0 Å². The van der Waals surface area contributed by atoms with Crippen molar-refractivity contribution in [2.24, 2.45) is 0 Å². The predicted molar refractivity (Wildman–Crippen MR) is 52.0 cm³/mol. The standard InChI is InChI=1S/C4H12N.2HI.Pt/c1-5(2,3)4;;;/h1-4H3;2*1H;/q+1;;;+2/p-2. The zero-order valence-electron chi connectivity index (χ0n) is 5.52. The van der Waals surface area contributed by atoms with Crippen molar-refractivity contribution in [3.8, 4) is 0 Å². The molecule has 1 nitrogen and oxygen atoms in total. The van der Waals surface area contributed by atoms with Crippen LogP contribution in [0.1, 0.15) is 0 Å². The Morgan fingerprint density at radius 3 is 1.00 bits per heavy atom. The van der Waals surface area contributed by atoms with E-state index in [2.05, 4.69) is 66.9 Å². The normalized spacial score (nSPS) is 10.2. The molecule has 0 aromatic heterocycles. The topological polar surface area (TPSA) is 0 Å². The second kappa shape index (κ2) is 7.22. The van der Waals surface area contributed by atoms with Crippen LogP contribution in [0.3, 0.4) is 0 Å². The first-order valence-corrected chi connectivity index (χ1v) is 14.9. The molecule has 0 aromatic carbocycles. The third-order valence-corrected chi connectivity index (χ3v) is 0. The summed E-state index contributed by atoms with van der Waals surface area (Å²) in [6.07, 6.45) is 0. The second-order valence-electron chi connectivity index (χ2n) is 2.73. The molecule has 0 radical (unpaired) electrons. The minimum atomic E-state index is 0.523. The van der Waals surface area contributed by atoms with Gasteiger partial charge in [-0.05, 0) is 0 Å². The quantitative estimate of drug-likeness (QED) is 0.338. The number of rotatable bonds is 0. The Hall–Kier alpha value is 2.11. The van der Waals surface area contributed by atoms with Crippen LogP contribution in [-0.4, -0.2) is 32.7 Å². The van der Waals surface area contributed by atoms with Gasteiger partial charge in [-0.1, -0.05) is 0 Å². The molecule has 0 spiro atoms. The Labute approximate surface area is 81.4 Å². The third kappa shape index (κ3) is 92.2. The molecule has 0 atom stereocenters. The molecular formula is C4H12I2NPt+. The van der Waals surface area contributed by atoms with Crippen molar-refractivity contribution in [3.63, 3.8) is 0 Å². The molecule has 0 heterocycles. The Bertz CT molecular complexity index is 37.8. The molecule has 0 amide bonds. The van der Waals surface area contributed by atoms with Crippen molar-refractivity contribution in [2.45, 2.75) is 0 Å². The maximum atomic E-state index is 2.39. The van der Waals surface area contributed by atoms with Crippen molar-refractivity contribution >= 4 is 38.7 Å². The molecule has 0 saturated carbocycles. The van der Waals surface area contributed by atoms with Gasteiger partial charge in [-0.15, -0.1) is 0 Å². The molecule has 0 aromatic rings. The third-order valence-electron chi connectivity index (χ3n) is 0. The molecule has 0 aliphatic rings. The van der Waals surface area contributed by atoms with E-state index in [1.807, 2.05) is 0 Å².